The van der Waals surface area contributed by atoms with Crippen molar-refractivity contribution in [3.05, 3.63) is 47.5 Å². The highest BCUT2D eigenvalue weighted by Gasteiger charge is 2.19. The highest BCUT2D eigenvalue weighted by Crippen LogP contribution is 2.34. The maximum absolute atomic E-state index is 12.3. The highest BCUT2D eigenvalue weighted by atomic mass is 32.2. The average molecular weight is 401 g/mol. The Morgan fingerprint density at radius 1 is 1.11 bits per heavy atom. The Hall–Kier alpha value is -2.67. The molecular weight excluding hydrogens is 378 g/mol. The van der Waals surface area contributed by atoms with E-state index in [0.29, 0.717) is 30.4 Å². The van der Waals surface area contributed by atoms with Gasteiger partial charge in [-0.15, -0.1) is 11.8 Å². The number of ether oxygens (including phenoxy) is 3. The minimum absolute atomic E-state index is 0.0980. The molecule has 0 fully saturated rings. The van der Waals surface area contributed by atoms with E-state index in [2.05, 4.69) is 5.32 Å². The van der Waals surface area contributed by atoms with Gasteiger partial charge in [0.1, 0.15) is 13.2 Å². The zero-order valence-corrected chi connectivity index (χ0v) is 16.9. The predicted molar refractivity (Wildman–Crippen MR) is 108 cm³/mol. The van der Waals surface area contributed by atoms with Gasteiger partial charge in [0.25, 0.3) is 5.91 Å². The molecule has 1 N–H and O–H groups in total. The number of aryl methyl sites for hydroxylation is 2. The molecule has 1 atom stereocenters. The van der Waals surface area contributed by atoms with E-state index in [4.69, 9.17) is 14.2 Å². The molecule has 0 saturated heterocycles. The standard InChI is InChI=1S/C21H23NO5S/c1-13-4-6-17(14(2)10-13)22-21(24)15(3)27-20(23)12-28-16-5-7-18-19(11-16)26-9-8-25-18/h4-7,10-11,15H,8-9,12H2,1-3H3,(H,22,24)/t15-/m1/s1. The number of nitrogens with one attached hydrogen (secondary N) is 1. The summed E-state index contributed by atoms with van der Waals surface area (Å²) < 4.78 is 16.3. The third-order valence-electron chi connectivity index (χ3n) is 4.19. The Labute approximate surface area is 168 Å². The van der Waals surface area contributed by atoms with Gasteiger partial charge >= 0.3 is 5.97 Å². The SMILES string of the molecule is Cc1ccc(NC(=O)[C@@H](C)OC(=O)CSc2ccc3c(c2)OCCO3)c(C)c1. The van der Waals surface area contributed by atoms with Crippen LogP contribution in [-0.2, 0) is 14.3 Å². The van der Waals surface area contributed by atoms with Crippen LogP contribution in [-0.4, -0.2) is 36.9 Å². The lowest BCUT2D eigenvalue weighted by atomic mass is 10.1. The minimum Gasteiger partial charge on any atom is -0.486 e. The molecule has 2 aromatic rings. The monoisotopic (exact) mass is 401 g/mol. The second kappa shape index (κ2) is 9.01. The van der Waals surface area contributed by atoms with Crippen LogP contribution in [0.1, 0.15) is 18.1 Å². The predicted octanol–water partition coefficient (Wildman–Crippen LogP) is 3.74. The van der Waals surface area contributed by atoms with E-state index in [0.717, 1.165) is 16.0 Å². The summed E-state index contributed by atoms with van der Waals surface area (Å²) in [6, 6.07) is 11.3. The second-order valence-electron chi connectivity index (χ2n) is 6.53. The van der Waals surface area contributed by atoms with Gasteiger partial charge in [0, 0.05) is 10.6 Å². The van der Waals surface area contributed by atoms with Crippen LogP contribution in [0.3, 0.4) is 0 Å². The van der Waals surface area contributed by atoms with E-state index >= 15 is 0 Å². The number of carbonyl (C=O) groups excluding carboxylic acids is 2. The Morgan fingerprint density at radius 3 is 2.61 bits per heavy atom. The van der Waals surface area contributed by atoms with Crippen LogP contribution in [0.25, 0.3) is 0 Å². The molecule has 2 aromatic carbocycles. The lowest BCUT2D eigenvalue weighted by molar-refractivity contribution is -0.150. The van der Waals surface area contributed by atoms with Crippen molar-refractivity contribution in [3.8, 4) is 11.5 Å². The van der Waals surface area contributed by atoms with Crippen molar-refractivity contribution >= 4 is 29.3 Å². The molecule has 1 aliphatic heterocycles. The first-order valence-corrected chi connectivity index (χ1v) is 10.0. The fourth-order valence-electron chi connectivity index (χ4n) is 2.73. The summed E-state index contributed by atoms with van der Waals surface area (Å²) in [5, 5.41) is 2.80. The number of benzene rings is 2. The van der Waals surface area contributed by atoms with Gasteiger partial charge in [-0.25, -0.2) is 0 Å². The number of carbonyl (C=O) groups is 2. The van der Waals surface area contributed by atoms with Gasteiger partial charge in [-0.1, -0.05) is 17.7 Å². The molecule has 0 aliphatic carbocycles. The average Bonchev–Trinajstić information content (AvgIpc) is 2.68. The van der Waals surface area contributed by atoms with Crippen molar-refractivity contribution in [1.29, 1.82) is 0 Å². The maximum atomic E-state index is 12.3. The van der Waals surface area contributed by atoms with Gasteiger partial charge in [0.05, 0.1) is 5.75 Å². The fraction of sp³-hybridized carbons (Fsp3) is 0.333. The van der Waals surface area contributed by atoms with Crippen molar-refractivity contribution in [3.63, 3.8) is 0 Å². The molecule has 0 bridgehead atoms. The molecule has 0 aromatic heterocycles. The summed E-state index contributed by atoms with van der Waals surface area (Å²) in [6.07, 6.45) is -0.880. The largest absolute Gasteiger partial charge is 0.486 e. The first kappa shape index (κ1) is 20.1. The van der Waals surface area contributed by atoms with Crippen molar-refractivity contribution in [2.24, 2.45) is 0 Å². The molecule has 1 heterocycles. The normalized spacial score (nSPS) is 13.5. The maximum Gasteiger partial charge on any atom is 0.317 e. The van der Waals surface area contributed by atoms with E-state index < -0.39 is 12.1 Å². The van der Waals surface area contributed by atoms with Crippen molar-refractivity contribution < 1.29 is 23.8 Å². The molecule has 6 nitrogen and oxygen atoms in total. The molecule has 7 heteroatoms. The van der Waals surface area contributed by atoms with Crippen LogP contribution < -0.4 is 14.8 Å². The van der Waals surface area contributed by atoms with Gasteiger partial charge in [-0.3, -0.25) is 9.59 Å². The number of hydrogen-bond donors (Lipinski definition) is 1. The van der Waals surface area contributed by atoms with Gasteiger partial charge in [0.15, 0.2) is 17.6 Å². The van der Waals surface area contributed by atoms with Crippen LogP contribution in [0, 0.1) is 13.8 Å². The summed E-state index contributed by atoms with van der Waals surface area (Å²) >= 11 is 1.32. The van der Waals surface area contributed by atoms with E-state index in [1.165, 1.54) is 11.8 Å². The van der Waals surface area contributed by atoms with E-state index in [1.807, 2.05) is 50.2 Å². The van der Waals surface area contributed by atoms with Gasteiger partial charge in [-0.05, 0) is 50.6 Å². The summed E-state index contributed by atoms with van der Waals surface area (Å²) in [5.41, 5.74) is 2.79. The Morgan fingerprint density at radius 2 is 1.86 bits per heavy atom. The summed E-state index contributed by atoms with van der Waals surface area (Å²) in [4.78, 5) is 25.3. The van der Waals surface area contributed by atoms with Crippen LogP contribution in [0.15, 0.2) is 41.3 Å². The fourth-order valence-corrected chi connectivity index (χ4v) is 3.44. The third-order valence-corrected chi connectivity index (χ3v) is 5.15. The van der Waals surface area contributed by atoms with Gasteiger partial charge < -0.3 is 19.5 Å². The molecule has 0 radical (unpaired) electrons. The number of rotatable bonds is 6. The zero-order chi connectivity index (χ0) is 20.1. The van der Waals surface area contributed by atoms with Crippen LogP contribution >= 0.6 is 11.8 Å². The molecule has 0 spiro atoms. The van der Waals surface area contributed by atoms with Crippen LogP contribution in [0.2, 0.25) is 0 Å². The second-order valence-corrected chi connectivity index (χ2v) is 7.58. The number of fused-ring (bicyclic) bond motifs is 1. The first-order chi connectivity index (χ1) is 13.4. The molecule has 3 rings (SSSR count). The molecule has 1 amide bonds. The Balaban J connectivity index is 1.49. The highest BCUT2D eigenvalue weighted by molar-refractivity contribution is 8.00. The zero-order valence-electron chi connectivity index (χ0n) is 16.1. The van der Waals surface area contributed by atoms with E-state index in [-0.39, 0.29) is 11.7 Å². The summed E-state index contributed by atoms with van der Waals surface area (Å²) in [7, 11) is 0. The molecule has 28 heavy (non-hydrogen) atoms. The quantitative estimate of drug-likeness (QED) is 0.587. The van der Waals surface area contributed by atoms with Crippen LogP contribution in [0.4, 0.5) is 5.69 Å². The van der Waals surface area contributed by atoms with Crippen LogP contribution in [0.5, 0.6) is 11.5 Å². The number of amides is 1. The topological polar surface area (TPSA) is 73.9 Å². The third kappa shape index (κ3) is 5.19. The van der Waals surface area contributed by atoms with Crippen molar-refractivity contribution in [2.45, 2.75) is 31.8 Å². The summed E-state index contributed by atoms with van der Waals surface area (Å²) in [5.74, 6) is 0.661. The van der Waals surface area contributed by atoms with Crippen molar-refractivity contribution in [1.82, 2.24) is 0 Å². The molecule has 1 aliphatic rings. The summed E-state index contributed by atoms with van der Waals surface area (Å²) in [6.45, 7) is 6.52. The molecular formula is C21H23NO5S. The Bertz CT molecular complexity index is 883. The first-order valence-electron chi connectivity index (χ1n) is 9.02. The minimum atomic E-state index is -0.880. The lowest BCUT2D eigenvalue weighted by Gasteiger charge is -2.18. The molecule has 0 unspecified atom stereocenters. The van der Waals surface area contributed by atoms with Crippen molar-refractivity contribution in [2.75, 3.05) is 24.3 Å². The smallest absolute Gasteiger partial charge is 0.317 e. The Kier molecular flexibility index (Phi) is 6.46. The van der Waals surface area contributed by atoms with E-state index in [9.17, 15) is 9.59 Å². The van der Waals surface area contributed by atoms with E-state index in [1.54, 1.807) is 6.92 Å². The molecule has 148 valence electrons. The number of thioether (sulfide) groups is 1. The number of hydrogen-bond acceptors (Lipinski definition) is 6. The molecule has 0 saturated carbocycles. The lowest BCUT2D eigenvalue weighted by Crippen LogP contribution is -2.30. The van der Waals surface area contributed by atoms with Gasteiger partial charge in [0.2, 0.25) is 0 Å². The number of esters is 1. The number of anilines is 1. The van der Waals surface area contributed by atoms with Gasteiger partial charge in [-0.2, -0.15) is 0 Å².